The predicted molar refractivity (Wildman–Crippen MR) is 70.6 cm³/mol. The van der Waals surface area contributed by atoms with Gasteiger partial charge in [-0.25, -0.2) is 4.79 Å². The van der Waals surface area contributed by atoms with Gasteiger partial charge in [0, 0.05) is 13.0 Å². The normalized spacial score (nSPS) is 47.9. The number of carbonyl (C=O) groups excluding carboxylic acids is 1. The number of aliphatic hydroxyl groups is 3. The quantitative estimate of drug-likeness (QED) is 0.605. The smallest absolute Gasteiger partial charge is 0.337 e. The maximum Gasteiger partial charge on any atom is 0.337 e. The molecule has 1 saturated carbocycles. The van der Waals surface area contributed by atoms with Gasteiger partial charge in [0.25, 0.3) is 0 Å². The van der Waals surface area contributed by atoms with Gasteiger partial charge in [0.05, 0.1) is 17.3 Å². The van der Waals surface area contributed by atoms with E-state index in [1.807, 2.05) is 6.92 Å². The molecule has 0 aromatic carbocycles. The first-order chi connectivity index (χ1) is 9.27. The van der Waals surface area contributed by atoms with E-state index < -0.39 is 17.7 Å². The largest absolute Gasteiger partial charge is 0.458 e. The Bertz CT molecular complexity index is 481. The van der Waals surface area contributed by atoms with E-state index in [2.05, 4.69) is 0 Å². The van der Waals surface area contributed by atoms with Crippen molar-refractivity contribution in [2.45, 2.75) is 44.8 Å². The van der Waals surface area contributed by atoms with E-state index in [4.69, 9.17) is 4.74 Å². The van der Waals surface area contributed by atoms with Gasteiger partial charge in [0.15, 0.2) is 0 Å². The first-order valence-corrected chi connectivity index (χ1v) is 7.18. The molecule has 3 rings (SSSR count). The van der Waals surface area contributed by atoms with Crippen LogP contribution in [-0.4, -0.2) is 46.2 Å². The third kappa shape index (κ3) is 1.91. The second kappa shape index (κ2) is 4.29. The number of aliphatic hydroxyl groups excluding tert-OH is 2. The van der Waals surface area contributed by atoms with Crippen LogP contribution in [0.5, 0.6) is 0 Å². The molecule has 0 aromatic heterocycles. The fourth-order valence-electron chi connectivity index (χ4n) is 4.32. The minimum absolute atomic E-state index is 0.0269. The Morgan fingerprint density at radius 3 is 2.70 bits per heavy atom. The van der Waals surface area contributed by atoms with Crippen molar-refractivity contribution >= 4 is 5.97 Å². The number of cyclic esters (lactones) is 1. The lowest BCUT2D eigenvalue weighted by Crippen LogP contribution is -2.39. The molecule has 3 aliphatic rings. The molecule has 2 aliphatic carbocycles. The molecule has 1 heterocycles. The van der Waals surface area contributed by atoms with E-state index in [0.29, 0.717) is 24.8 Å². The zero-order chi connectivity index (χ0) is 14.7. The minimum atomic E-state index is -0.982. The van der Waals surface area contributed by atoms with Crippen LogP contribution < -0.4 is 0 Å². The number of rotatable bonds is 1. The van der Waals surface area contributed by atoms with E-state index in [1.54, 1.807) is 6.92 Å². The Hall–Kier alpha value is -0.910. The van der Waals surface area contributed by atoms with Crippen molar-refractivity contribution in [3.63, 3.8) is 0 Å². The van der Waals surface area contributed by atoms with Crippen LogP contribution >= 0.6 is 0 Å². The molecule has 5 atom stereocenters. The van der Waals surface area contributed by atoms with Gasteiger partial charge in [-0.2, -0.15) is 0 Å². The highest BCUT2D eigenvalue weighted by Crippen LogP contribution is 2.55. The molecule has 5 heteroatoms. The van der Waals surface area contributed by atoms with Crippen LogP contribution in [0.2, 0.25) is 0 Å². The van der Waals surface area contributed by atoms with Crippen molar-refractivity contribution in [2.24, 2.45) is 17.3 Å². The lowest BCUT2D eigenvalue weighted by atomic mass is 9.78. The van der Waals surface area contributed by atoms with Crippen molar-refractivity contribution in [3.05, 3.63) is 11.1 Å². The summed E-state index contributed by atoms with van der Waals surface area (Å²) in [6.07, 6.45) is 0.726. The summed E-state index contributed by atoms with van der Waals surface area (Å²) in [5.74, 6) is -0.782. The standard InChI is InChI=1S/C15H22O5/c1-14(7-16)4-9-10(5-14)15(2,19)3-8-6-20-13(18)11(8)12(9)17/h9-10,12,16-17,19H,3-7H2,1-2H3/t9-,10-,12-,14+,15+/m0/s1. The number of ether oxygens (including phenoxy) is 1. The third-order valence-corrected chi connectivity index (χ3v) is 5.39. The molecule has 20 heavy (non-hydrogen) atoms. The molecule has 0 saturated heterocycles. The first-order valence-electron chi connectivity index (χ1n) is 7.18. The summed E-state index contributed by atoms with van der Waals surface area (Å²) in [6, 6.07) is 0. The average Bonchev–Trinajstić information content (AvgIpc) is 2.89. The van der Waals surface area contributed by atoms with Gasteiger partial charge in [-0.15, -0.1) is 0 Å². The first kappa shape index (κ1) is 14.0. The van der Waals surface area contributed by atoms with E-state index in [-0.39, 0.29) is 30.5 Å². The summed E-state index contributed by atoms with van der Waals surface area (Å²) < 4.78 is 5.01. The van der Waals surface area contributed by atoms with Gasteiger partial charge < -0.3 is 20.1 Å². The van der Waals surface area contributed by atoms with E-state index in [1.165, 1.54) is 0 Å². The van der Waals surface area contributed by atoms with Crippen molar-refractivity contribution in [1.29, 1.82) is 0 Å². The fraction of sp³-hybridized carbons (Fsp3) is 0.800. The molecule has 1 fully saturated rings. The minimum Gasteiger partial charge on any atom is -0.458 e. The highest BCUT2D eigenvalue weighted by Gasteiger charge is 2.55. The van der Waals surface area contributed by atoms with Crippen LogP contribution in [0.25, 0.3) is 0 Å². The summed E-state index contributed by atoms with van der Waals surface area (Å²) in [7, 11) is 0. The van der Waals surface area contributed by atoms with Crippen molar-refractivity contribution in [2.75, 3.05) is 13.2 Å². The Balaban J connectivity index is 2.02. The van der Waals surface area contributed by atoms with Crippen molar-refractivity contribution < 1.29 is 24.9 Å². The van der Waals surface area contributed by atoms with Crippen LogP contribution in [0.15, 0.2) is 11.1 Å². The highest BCUT2D eigenvalue weighted by molar-refractivity contribution is 5.93. The van der Waals surface area contributed by atoms with E-state index in [0.717, 1.165) is 5.57 Å². The van der Waals surface area contributed by atoms with Gasteiger partial charge in [-0.3, -0.25) is 0 Å². The predicted octanol–water partition coefficient (Wildman–Crippen LogP) is 0.380. The zero-order valence-electron chi connectivity index (χ0n) is 11.9. The maximum atomic E-state index is 11.8. The summed E-state index contributed by atoms with van der Waals surface area (Å²) in [4.78, 5) is 11.8. The summed E-state index contributed by atoms with van der Waals surface area (Å²) in [5.41, 5.74) is -0.211. The topological polar surface area (TPSA) is 87.0 Å². The summed E-state index contributed by atoms with van der Waals surface area (Å²) in [6.45, 7) is 3.93. The molecule has 5 nitrogen and oxygen atoms in total. The molecule has 0 spiro atoms. The monoisotopic (exact) mass is 282 g/mol. The molecule has 3 N–H and O–H groups in total. The van der Waals surface area contributed by atoms with E-state index >= 15 is 0 Å². The number of esters is 1. The zero-order valence-corrected chi connectivity index (χ0v) is 11.9. The molecule has 1 aliphatic heterocycles. The average molecular weight is 282 g/mol. The Morgan fingerprint density at radius 2 is 2.05 bits per heavy atom. The number of fused-ring (bicyclic) bond motifs is 1. The second-order valence-electron chi connectivity index (χ2n) is 7.22. The molecule has 0 radical (unpaired) electrons. The fourth-order valence-corrected chi connectivity index (χ4v) is 4.32. The van der Waals surface area contributed by atoms with Crippen LogP contribution in [0.4, 0.5) is 0 Å². The highest BCUT2D eigenvalue weighted by atomic mass is 16.5. The third-order valence-electron chi connectivity index (χ3n) is 5.39. The lowest BCUT2D eigenvalue weighted by molar-refractivity contribution is -0.138. The van der Waals surface area contributed by atoms with E-state index in [9.17, 15) is 20.1 Å². The Labute approximate surface area is 118 Å². The molecule has 112 valence electrons. The Kier molecular flexibility index (Phi) is 3.01. The van der Waals surface area contributed by atoms with Gasteiger partial charge >= 0.3 is 5.97 Å². The van der Waals surface area contributed by atoms with Crippen LogP contribution in [0.1, 0.15) is 33.1 Å². The van der Waals surface area contributed by atoms with Crippen LogP contribution in [-0.2, 0) is 9.53 Å². The molecule has 0 bridgehead atoms. The van der Waals surface area contributed by atoms with Crippen LogP contribution in [0.3, 0.4) is 0 Å². The number of hydrogen-bond acceptors (Lipinski definition) is 5. The van der Waals surface area contributed by atoms with Gasteiger partial charge in [0.1, 0.15) is 6.61 Å². The summed E-state index contributed by atoms with van der Waals surface area (Å²) in [5, 5.41) is 31.0. The van der Waals surface area contributed by atoms with Gasteiger partial charge in [0.2, 0.25) is 0 Å². The van der Waals surface area contributed by atoms with Crippen molar-refractivity contribution in [3.8, 4) is 0 Å². The Morgan fingerprint density at radius 1 is 1.35 bits per heavy atom. The van der Waals surface area contributed by atoms with Crippen LogP contribution in [0, 0.1) is 17.3 Å². The second-order valence-corrected chi connectivity index (χ2v) is 7.22. The molecule has 0 aromatic rings. The number of carbonyl (C=O) groups is 1. The SMILES string of the molecule is C[C@@]1(CO)C[C@@H]2[C@H](O)C3=C(COC3=O)C[C@@](C)(O)[C@H]2C1. The van der Waals surface area contributed by atoms with Gasteiger partial charge in [-0.05, 0) is 42.6 Å². The summed E-state index contributed by atoms with van der Waals surface area (Å²) >= 11 is 0. The molecule has 0 amide bonds. The van der Waals surface area contributed by atoms with Gasteiger partial charge in [-0.1, -0.05) is 6.92 Å². The lowest BCUT2D eigenvalue weighted by Gasteiger charge is -2.34. The van der Waals surface area contributed by atoms with Crippen molar-refractivity contribution in [1.82, 2.24) is 0 Å². The molecular formula is C15H22O5. The molecule has 0 unspecified atom stereocenters. The maximum absolute atomic E-state index is 11.8. The number of hydrogen-bond donors (Lipinski definition) is 3. The molecular weight excluding hydrogens is 260 g/mol.